The lowest BCUT2D eigenvalue weighted by Crippen LogP contribution is -2.03. The number of nitrogens with zero attached hydrogens (tertiary/aromatic N) is 1. The maximum Gasteiger partial charge on any atom is 0.119 e. The van der Waals surface area contributed by atoms with E-state index in [1.54, 1.807) is 13.0 Å². The molecule has 0 fully saturated rings. The van der Waals surface area contributed by atoms with E-state index in [9.17, 15) is 5.11 Å². The van der Waals surface area contributed by atoms with Gasteiger partial charge in [0.15, 0.2) is 0 Å². The second-order valence-corrected chi connectivity index (χ2v) is 4.80. The van der Waals surface area contributed by atoms with Crippen molar-refractivity contribution < 1.29 is 9.84 Å². The van der Waals surface area contributed by atoms with E-state index in [2.05, 4.69) is 6.07 Å². The summed E-state index contributed by atoms with van der Waals surface area (Å²) in [4.78, 5) is 0. The predicted octanol–water partition coefficient (Wildman–Crippen LogP) is 3.06. The van der Waals surface area contributed by atoms with E-state index in [0.29, 0.717) is 18.6 Å². The molecular formula is C17H17NO2. The number of hydrogen-bond acceptors (Lipinski definition) is 3. The fraction of sp³-hybridized carbons (Fsp3) is 0.235. The van der Waals surface area contributed by atoms with Gasteiger partial charge in [0.2, 0.25) is 0 Å². The first kappa shape index (κ1) is 14.1. The number of aliphatic hydroxyl groups is 1. The van der Waals surface area contributed by atoms with Gasteiger partial charge in [-0.15, -0.1) is 0 Å². The predicted molar refractivity (Wildman–Crippen MR) is 77.3 cm³/mol. The van der Waals surface area contributed by atoms with Gasteiger partial charge in [0.05, 0.1) is 17.7 Å². The molecule has 0 aliphatic heterocycles. The van der Waals surface area contributed by atoms with E-state index < -0.39 is 0 Å². The summed E-state index contributed by atoms with van der Waals surface area (Å²) in [6.45, 7) is 2.21. The Morgan fingerprint density at radius 2 is 1.90 bits per heavy atom. The zero-order valence-corrected chi connectivity index (χ0v) is 11.4. The molecule has 0 aliphatic rings. The first-order chi connectivity index (χ1) is 9.67. The van der Waals surface area contributed by atoms with Crippen LogP contribution in [0.3, 0.4) is 0 Å². The summed E-state index contributed by atoms with van der Waals surface area (Å²) >= 11 is 0. The molecule has 3 nitrogen and oxygen atoms in total. The van der Waals surface area contributed by atoms with Crippen LogP contribution >= 0.6 is 0 Å². The van der Waals surface area contributed by atoms with E-state index in [4.69, 9.17) is 10.00 Å². The molecule has 0 bridgehead atoms. The van der Waals surface area contributed by atoms with Crippen molar-refractivity contribution in [1.29, 1.82) is 5.26 Å². The summed E-state index contributed by atoms with van der Waals surface area (Å²) in [6, 6.07) is 17.2. The SMILES string of the molecule is CC(O)Cc1ccc(OCc2cccc(C#N)c2)cc1. The Balaban J connectivity index is 1.95. The van der Waals surface area contributed by atoms with Crippen molar-refractivity contribution in [2.75, 3.05) is 0 Å². The molecule has 0 amide bonds. The Morgan fingerprint density at radius 1 is 1.15 bits per heavy atom. The first-order valence-corrected chi connectivity index (χ1v) is 6.56. The Bertz CT molecular complexity index is 597. The smallest absolute Gasteiger partial charge is 0.119 e. The van der Waals surface area contributed by atoms with Crippen molar-refractivity contribution in [2.24, 2.45) is 0 Å². The topological polar surface area (TPSA) is 53.2 Å². The van der Waals surface area contributed by atoms with Crippen molar-refractivity contribution in [3.8, 4) is 11.8 Å². The molecule has 0 radical (unpaired) electrons. The van der Waals surface area contributed by atoms with Crippen LogP contribution in [0.4, 0.5) is 0 Å². The highest BCUT2D eigenvalue weighted by atomic mass is 16.5. The third kappa shape index (κ3) is 4.11. The Labute approximate surface area is 119 Å². The van der Waals surface area contributed by atoms with Gasteiger partial charge in [0.25, 0.3) is 0 Å². The van der Waals surface area contributed by atoms with Crippen LogP contribution in [0.5, 0.6) is 5.75 Å². The normalized spacial score (nSPS) is 11.7. The van der Waals surface area contributed by atoms with Gasteiger partial charge in [-0.2, -0.15) is 5.26 Å². The molecule has 0 aromatic heterocycles. The second kappa shape index (κ2) is 6.74. The van der Waals surface area contributed by atoms with Gasteiger partial charge in [0, 0.05) is 0 Å². The summed E-state index contributed by atoms with van der Waals surface area (Å²) in [5.41, 5.74) is 2.69. The summed E-state index contributed by atoms with van der Waals surface area (Å²) in [5.74, 6) is 0.779. The van der Waals surface area contributed by atoms with Gasteiger partial charge in [-0.3, -0.25) is 0 Å². The van der Waals surface area contributed by atoms with Gasteiger partial charge >= 0.3 is 0 Å². The van der Waals surface area contributed by atoms with Crippen LogP contribution in [0.15, 0.2) is 48.5 Å². The van der Waals surface area contributed by atoms with E-state index >= 15 is 0 Å². The average Bonchev–Trinajstić information content (AvgIpc) is 2.46. The van der Waals surface area contributed by atoms with Crippen LogP contribution in [-0.2, 0) is 13.0 Å². The Kier molecular flexibility index (Phi) is 4.75. The number of ether oxygens (including phenoxy) is 1. The zero-order valence-electron chi connectivity index (χ0n) is 11.4. The van der Waals surface area contributed by atoms with E-state index in [0.717, 1.165) is 16.9 Å². The number of aliphatic hydroxyl groups excluding tert-OH is 1. The highest BCUT2D eigenvalue weighted by molar-refractivity contribution is 5.33. The molecule has 20 heavy (non-hydrogen) atoms. The third-order valence-corrected chi connectivity index (χ3v) is 2.92. The minimum absolute atomic E-state index is 0.338. The van der Waals surface area contributed by atoms with Gasteiger partial charge in [-0.25, -0.2) is 0 Å². The molecule has 0 saturated heterocycles. The fourth-order valence-electron chi connectivity index (χ4n) is 1.96. The maximum atomic E-state index is 9.32. The summed E-state index contributed by atoms with van der Waals surface area (Å²) in [7, 11) is 0. The van der Waals surface area contributed by atoms with Crippen LogP contribution in [0, 0.1) is 11.3 Å². The van der Waals surface area contributed by atoms with Crippen molar-refractivity contribution >= 4 is 0 Å². The third-order valence-electron chi connectivity index (χ3n) is 2.92. The van der Waals surface area contributed by atoms with Crippen LogP contribution in [-0.4, -0.2) is 11.2 Å². The molecule has 102 valence electrons. The molecule has 2 aromatic rings. The monoisotopic (exact) mass is 267 g/mol. The van der Waals surface area contributed by atoms with Gasteiger partial charge in [-0.1, -0.05) is 24.3 Å². The summed E-state index contributed by atoms with van der Waals surface area (Å²) in [6.07, 6.45) is 0.306. The number of nitriles is 1. The average molecular weight is 267 g/mol. The van der Waals surface area contributed by atoms with Gasteiger partial charge in [-0.05, 0) is 48.7 Å². The standard InChI is InChI=1S/C17H17NO2/c1-13(19)9-14-5-7-17(8-6-14)20-12-16-4-2-3-15(10-16)11-18/h2-8,10,13,19H,9,12H2,1H3. The minimum Gasteiger partial charge on any atom is -0.489 e. The molecule has 1 N–H and O–H groups in total. The molecule has 1 atom stereocenters. The molecule has 2 aromatic carbocycles. The van der Waals surface area contributed by atoms with E-state index in [-0.39, 0.29) is 6.10 Å². The maximum absolute atomic E-state index is 9.32. The number of rotatable bonds is 5. The molecular weight excluding hydrogens is 250 g/mol. The molecule has 0 heterocycles. The van der Waals surface area contributed by atoms with E-state index in [1.165, 1.54) is 0 Å². The second-order valence-electron chi connectivity index (χ2n) is 4.80. The number of benzene rings is 2. The minimum atomic E-state index is -0.338. The van der Waals surface area contributed by atoms with Gasteiger partial charge in [0.1, 0.15) is 12.4 Å². The first-order valence-electron chi connectivity index (χ1n) is 6.56. The lowest BCUT2D eigenvalue weighted by molar-refractivity contribution is 0.195. The molecule has 2 rings (SSSR count). The lowest BCUT2D eigenvalue weighted by Gasteiger charge is -2.08. The van der Waals surface area contributed by atoms with Crippen molar-refractivity contribution in [2.45, 2.75) is 26.1 Å². The lowest BCUT2D eigenvalue weighted by atomic mass is 10.1. The molecule has 0 saturated carbocycles. The van der Waals surface area contributed by atoms with Crippen molar-refractivity contribution in [3.63, 3.8) is 0 Å². The van der Waals surface area contributed by atoms with Crippen LogP contribution in [0.25, 0.3) is 0 Å². The summed E-state index contributed by atoms with van der Waals surface area (Å²) < 4.78 is 5.68. The largest absolute Gasteiger partial charge is 0.489 e. The van der Waals surface area contributed by atoms with Gasteiger partial charge < -0.3 is 9.84 Å². The highest BCUT2D eigenvalue weighted by Crippen LogP contribution is 2.15. The van der Waals surface area contributed by atoms with Crippen LogP contribution in [0.1, 0.15) is 23.6 Å². The van der Waals surface area contributed by atoms with Crippen molar-refractivity contribution in [1.82, 2.24) is 0 Å². The van der Waals surface area contributed by atoms with Crippen LogP contribution in [0.2, 0.25) is 0 Å². The zero-order chi connectivity index (χ0) is 14.4. The highest BCUT2D eigenvalue weighted by Gasteiger charge is 2.01. The summed E-state index contributed by atoms with van der Waals surface area (Å²) in [5, 5.41) is 18.2. The number of hydrogen-bond donors (Lipinski definition) is 1. The quantitative estimate of drug-likeness (QED) is 0.905. The molecule has 0 spiro atoms. The molecule has 3 heteroatoms. The van der Waals surface area contributed by atoms with E-state index in [1.807, 2.05) is 42.5 Å². The van der Waals surface area contributed by atoms with Crippen molar-refractivity contribution in [3.05, 3.63) is 65.2 Å². The fourth-order valence-corrected chi connectivity index (χ4v) is 1.96. The van der Waals surface area contributed by atoms with Crippen LogP contribution < -0.4 is 4.74 Å². The molecule has 1 unspecified atom stereocenters. The Hall–Kier alpha value is -2.31. The Morgan fingerprint density at radius 3 is 2.55 bits per heavy atom. The molecule has 0 aliphatic carbocycles.